The van der Waals surface area contributed by atoms with Crippen LogP contribution in [0.3, 0.4) is 0 Å². The van der Waals surface area contributed by atoms with Gasteiger partial charge in [0.25, 0.3) is 0 Å². The molecule has 86 valence electrons. The molecule has 1 fully saturated rings. The Labute approximate surface area is 96.2 Å². The van der Waals surface area contributed by atoms with Crippen LogP contribution >= 0.6 is 0 Å². The molecular weight excluding hydrogens is 200 g/mol. The number of rotatable bonds is 5. The number of carbonyl (C=O) groups is 1. The van der Waals surface area contributed by atoms with E-state index in [1.54, 1.807) is 0 Å². The second-order valence-corrected chi connectivity index (χ2v) is 4.30. The van der Waals surface area contributed by atoms with Gasteiger partial charge in [0.2, 0.25) is 5.91 Å². The molecule has 0 aliphatic heterocycles. The molecule has 1 aromatic rings. The van der Waals surface area contributed by atoms with Crippen molar-refractivity contribution < 1.29 is 10.1 Å². The summed E-state index contributed by atoms with van der Waals surface area (Å²) in [6.45, 7) is 0. The molecule has 1 aliphatic carbocycles. The van der Waals surface area contributed by atoms with Gasteiger partial charge in [-0.3, -0.25) is 4.79 Å². The molecule has 1 aromatic carbocycles. The molecule has 0 spiro atoms. The third-order valence-electron chi connectivity index (χ3n) is 2.86. The molecule has 0 heterocycles. The monoisotopic (exact) mass is 218 g/mol. The van der Waals surface area contributed by atoms with E-state index in [9.17, 15) is 4.79 Å². The first-order valence-electron chi connectivity index (χ1n) is 5.76. The Morgan fingerprint density at radius 3 is 2.69 bits per heavy atom. The van der Waals surface area contributed by atoms with E-state index in [2.05, 4.69) is 12.4 Å². The normalized spacial score (nSPS) is 16.8. The van der Waals surface area contributed by atoms with Crippen LogP contribution in [0.5, 0.6) is 0 Å². The lowest BCUT2D eigenvalue weighted by molar-refractivity contribution is -0.639. The van der Waals surface area contributed by atoms with Gasteiger partial charge in [-0.1, -0.05) is 30.3 Å². The van der Waals surface area contributed by atoms with Crippen LogP contribution in [-0.2, 0) is 4.79 Å². The number of hydrogen-bond donors (Lipinski definition) is 2. The zero-order valence-corrected chi connectivity index (χ0v) is 9.36. The first kappa shape index (κ1) is 11.1. The van der Waals surface area contributed by atoms with Crippen molar-refractivity contribution in [1.29, 1.82) is 0 Å². The Bertz CT molecular complexity index is 346. The van der Waals surface area contributed by atoms with Gasteiger partial charge in [-0.25, -0.2) is 0 Å². The SMILES string of the molecule is [CH2-][NH2+][C@H](CC(=O)NC1CC1)c1ccccc1. The maximum atomic E-state index is 11.7. The second kappa shape index (κ2) is 5.12. The standard InChI is InChI=1S/C13H18N2O/c1-14-12(10-5-3-2-4-6-10)9-13(16)15-11-7-8-11/h2-6,11-12H,1,7-9,14H2,(H,15,16)/t12-/m1/s1. The number of amides is 1. The lowest BCUT2D eigenvalue weighted by Crippen LogP contribution is -2.78. The van der Waals surface area contributed by atoms with Crippen molar-refractivity contribution in [2.45, 2.75) is 31.3 Å². The summed E-state index contributed by atoms with van der Waals surface area (Å²) in [4.78, 5) is 11.7. The highest BCUT2D eigenvalue weighted by atomic mass is 16.1. The van der Waals surface area contributed by atoms with E-state index in [0.29, 0.717) is 12.5 Å². The van der Waals surface area contributed by atoms with Crippen LogP contribution in [0, 0.1) is 7.05 Å². The van der Waals surface area contributed by atoms with Gasteiger partial charge < -0.3 is 10.6 Å². The minimum Gasteiger partial charge on any atom is -0.472 e. The fraction of sp³-hybridized carbons (Fsp3) is 0.385. The molecule has 0 aromatic heterocycles. The molecule has 0 radical (unpaired) electrons. The van der Waals surface area contributed by atoms with Crippen LogP contribution in [0.4, 0.5) is 0 Å². The van der Waals surface area contributed by atoms with E-state index in [1.165, 1.54) is 0 Å². The Kier molecular flexibility index (Phi) is 3.57. The zero-order chi connectivity index (χ0) is 11.4. The first-order chi connectivity index (χ1) is 7.79. The van der Waals surface area contributed by atoms with Gasteiger partial charge in [0, 0.05) is 11.6 Å². The third-order valence-corrected chi connectivity index (χ3v) is 2.86. The molecule has 0 bridgehead atoms. The van der Waals surface area contributed by atoms with E-state index in [4.69, 9.17) is 0 Å². The first-order valence-corrected chi connectivity index (χ1v) is 5.76. The molecule has 3 heteroatoms. The van der Waals surface area contributed by atoms with Crippen molar-refractivity contribution >= 4 is 5.91 Å². The number of quaternary nitrogens is 1. The molecule has 3 N–H and O–H groups in total. The van der Waals surface area contributed by atoms with Gasteiger partial charge in [-0.15, -0.1) is 0 Å². The van der Waals surface area contributed by atoms with Crippen LogP contribution < -0.4 is 10.6 Å². The highest BCUT2D eigenvalue weighted by Crippen LogP contribution is 2.19. The summed E-state index contributed by atoms with van der Waals surface area (Å²) in [7, 11) is 3.81. The summed E-state index contributed by atoms with van der Waals surface area (Å²) in [6, 6.07) is 10.6. The van der Waals surface area contributed by atoms with Crippen LogP contribution in [-0.4, -0.2) is 11.9 Å². The largest absolute Gasteiger partial charge is 0.472 e. The predicted molar refractivity (Wildman–Crippen MR) is 62.2 cm³/mol. The zero-order valence-electron chi connectivity index (χ0n) is 9.36. The third kappa shape index (κ3) is 3.07. The van der Waals surface area contributed by atoms with Crippen molar-refractivity contribution in [3.05, 3.63) is 42.9 Å². The Morgan fingerprint density at radius 2 is 2.12 bits per heavy atom. The molecule has 0 saturated heterocycles. The molecule has 16 heavy (non-hydrogen) atoms. The lowest BCUT2D eigenvalue weighted by Gasteiger charge is -2.16. The van der Waals surface area contributed by atoms with Crippen molar-refractivity contribution in [3.8, 4) is 0 Å². The molecule has 0 unspecified atom stereocenters. The maximum absolute atomic E-state index is 11.7. The number of benzene rings is 1. The quantitative estimate of drug-likeness (QED) is 0.704. The molecular formula is C13H18N2O. The van der Waals surface area contributed by atoms with Crippen molar-refractivity contribution in [3.63, 3.8) is 0 Å². The molecule has 2 rings (SSSR count). The molecule has 1 aliphatic rings. The summed E-state index contributed by atoms with van der Waals surface area (Å²) in [5.74, 6) is 0.135. The smallest absolute Gasteiger partial charge is 0.226 e. The van der Waals surface area contributed by atoms with E-state index in [0.717, 1.165) is 18.4 Å². The summed E-state index contributed by atoms with van der Waals surface area (Å²) in [6.07, 6.45) is 2.77. The highest BCUT2D eigenvalue weighted by Gasteiger charge is 2.25. The summed E-state index contributed by atoms with van der Waals surface area (Å²) in [5, 5.41) is 4.85. The van der Waals surface area contributed by atoms with Gasteiger partial charge in [-0.2, -0.15) is 7.05 Å². The Morgan fingerprint density at radius 1 is 1.44 bits per heavy atom. The molecule has 1 saturated carbocycles. The van der Waals surface area contributed by atoms with Crippen LogP contribution in [0.15, 0.2) is 30.3 Å². The fourth-order valence-corrected chi connectivity index (χ4v) is 1.75. The van der Waals surface area contributed by atoms with E-state index >= 15 is 0 Å². The Hall–Kier alpha value is -1.35. The predicted octanol–water partition coefficient (Wildman–Crippen LogP) is 0.751. The number of hydrogen-bond acceptors (Lipinski definition) is 1. The molecule has 1 amide bonds. The maximum Gasteiger partial charge on any atom is 0.226 e. The Balaban J connectivity index is 1.91. The van der Waals surface area contributed by atoms with E-state index in [-0.39, 0.29) is 11.9 Å². The fourth-order valence-electron chi connectivity index (χ4n) is 1.75. The summed E-state index contributed by atoms with van der Waals surface area (Å²) < 4.78 is 0. The average Bonchev–Trinajstić information content (AvgIpc) is 3.11. The molecule has 3 nitrogen and oxygen atoms in total. The minimum absolute atomic E-state index is 0.125. The average molecular weight is 218 g/mol. The second-order valence-electron chi connectivity index (χ2n) is 4.30. The van der Waals surface area contributed by atoms with Gasteiger partial charge in [0.15, 0.2) is 0 Å². The van der Waals surface area contributed by atoms with Gasteiger partial charge in [-0.05, 0) is 12.8 Å². The summed E-state index contributed by atoms with van der Waals surface area (Å²) >= 11 is 0. The number of nitrogens with two attached hydrogens (primary N) is 1. The van der Waals surface area contributed by atoms with E-state index in [1.807, 2.05) is 35.6 Å². The van der Waals surface area contributed by atoms with Crippen molar-refractivity contribution in [1.82, 2.24) is 5.32 Å². The van der Waals surface area contributed by atoms with Gasteiger partial charge >= 0.3 is 0 Å². The van der Waals surface area contributed by atoms with Gasteiger partial charge in [0.1, 0.15) is 0 Å². The highest BCUT2D eigenvalue weighted by molar-refractivity contribution is 5.77. The van der Waals surface area contributed by atoms with Gasteiger partial charge in [0.05, 0.1) is 12.5 Å². The summed E-state index contributed by atoms with van der Waals surface area (Å²) in [5.41, 5.74) is 1.16. The van der Waals surface area contributed by atoms with E-state index < -0.39 is 0 Å². The van der Waals surface area contributed by atoms with Crippen LogP contribution in [0.1, 0.15) is 30.9 Å². The van der Waals surface area contributed by atoms with Crippen LogP contribution in [0.25, 0.3) is 0 Å². The lowest BCUT2D eigenvalue weighted by atomic mass is 10.0. The van der Waals surface area contributed by atoms with Crippen molar-refractivity contribution in [2.24, 2.45) is 0 Å². The molecule has 1 atom stereocenters. The topological polar surface area (TPSA) is 45.7 Å². The number of nitrogens with one attached hydrogen (secondary N) is 1. The van der Waals surface area contributed by atoms with Crippen LogP contribution in [0.2, 0.25) is 0 Å². The number of carbonyl (C=O) groups excluding carboxylic acids is 1. The minimum atomic E-state index is 0.125. The van der Waals surface area contributed by atoms with Crippen molar-refractivity contribution in [2.75, 3.05) is 0 Å².